The highest BCUT2D eigenvalue weighted by Crippen LogP contribution is 2.39. The normalized spacial score (nSPS) is 16.6. The zero-order valence-electron chi connectivity index (χ0n) is 7.12. The summed E-state index contributed by atoms with van der Waals surface area (Å²) < 4.78 is 0. The molecule has 1 N–H and O–H groups in total. The molecule has 62 valence electrons. The smallest absolute Gasteiger partial charge is 0.156 e. The molecule has 2 heterocycles. The molecule has 0 aliphatic heterocycles. The van der Waals surface area contributed by atoms with E-state index in [0.717, 1.165) is 11.2 Å². The van der Waals surface area contributed by atoms with Gasteiger partial charge in [0.1, 0.15) is 13.4 Å². The first kappa shape index (κ1) is 7.12. The number of hydrogen-bond acceptors (Lipinski definition) is 2. The molecule has 0 bridgehead atoms. The first-order valence-electron chi connectivity index (χ1n) is 4.44. The van der Waals surface area contributed by atoms with Gasteiger partial charge in [0, 0.05) is 17.5 Å². The minimum Gasteiger partial charge on any atom is -0.342 e. The van der Waals surface area contributed by atoms with Gasteiger partial charge in [-0.1, -0.05) is 0 Å². The number of aromatic amines is 1. The summed E-state index contributed by atoms with van der Waals surface area (Å²) in [5.41, 5.74) is 3.45. The number of aromatic nitrogens is 3. The van der Waals surface area contributed by atoms with Crippen LogP contribution < -0.4 is 5.59 Å². The zero-order chi connectivity index (χ0) is 8.84. The van der Waals surface area contributed by atoms with Crippen molar-refractivity contribution in [1.82, 2.24) is 15.0 Å². The Balaban J connectivity index is 2.20. The predicted octanol–water partition coefficient (Wildman–Crippen LogP) is 0.629. The lowest BCUT2D eigenvalue weighted by molar-refractivity contribution is 1.05. The summed E-state index contributed by atoms with van der Waals surface area (Å²) in [6, 6.07) is 2.05. The maximum Gasteiger partial charge on any atom is 0.156 e. The van der Waals surface area contributed by atoms with Crippen LogP contribution in [0.2, 0.25) is 0 Å². The van der Waals surface area contributed by atoms with Crippen LogP contribution in [-0.2, 0) is 0 Å². The van der Waals surface area contributed by atoms with E-state index in [0.29, 0.717) is 11.5 Å². The van der Waals surface area contributed by atoms with Crippen molar-refractivity contribution in [3.8, 4) is 0 Å². The summed E-state index contributed by atoms with van der Waals surface area (Å²) in [6.07, 6.45) is 4.14. The lowest BCUT2D eigenvalue weighted by atomic mass is 10.1. The fourth-order valence-corrected chi connectivity index (χ4v) is 1.55. The third-order valence-electron chi connectivity index (χ3n) is 2.39. The Morgan fingerprint density at radius 2 is 2.31 bits per heavy atom. The summed E-state index contributed by atoms with van der Waals surface area (Å²) in [4.78, 5) is 11.6. The van der Waals surface area contributed by atoms with Crippen LogP contribution in [-0.4, -0.2) is 22.8 Å². The second kappa shape index (κ2) is 2.34. The second-order valence-electron chi connectivity index (χ2n) is 3.53. The Kier molecular flexibility index (Phi) is 1.28. The molecule has 1 saturated carbocycles. The number of rotatable bonds is 1. The monoisotopic (exact) mass is 169 g/mol. The first-order valence-corrected chi connectivity index (χ1v) is 4.44. The third kappa shape index (κ3) is 1.13. The highest BCUT2D eigenvalue weighted by Gasteiger charge is 2.25. The predicted molar refractivity (Wildman–Crippen MR) is 51.3 cm³/mol. The van der Waals surface area contributed by atoms with Crippen molar-refractivity contribution in [1.29, 1.82) is 0 Å². The number of H-pyrrole nitrogens is 1. The number of hydrogen-bond donors (Lipinski definition) is 1. The third-order valence-corrected chi connectivity index (χ3v) is 2.39. The molecule has 3 rings (SSSR count). The topological polar surface area (TPSA) is 41.6 Å². The summed E-state index contributed by atoms with van der Waals surface area (Å²) in [5.74, 6) is 0.706. The van der Waals surface area contributed by atoms with Crippen LogP contribution in [0, 0.1) is 0 Å². The molecule has 0 aromatic carbocycles. The minimum absolute atomic E-state index is 0.480. The maximum absolute atomic E-state index is 5.54. The number of fused-ring (bicyclic) bond motifs is 1. The lowest BCUT2D eigenvalue weighted by Gasteiger charge is -1.89. The van der Waals surface area contributed by atoms with Gasteiger partial charge in [0.25, 0.3) is 0 Å². The molecule has 1 fully saturated rings. The van der Waals surface area contributed by atoms with Gasteiger partial charge in [-0.05, 0) is 24.8 Å². The maximum atomic E-state index is 5.54. The van der Waals surface area contributed by atoms with Crippen LogP contribution in [0.5, 0.6) is 0 Å². The largest absolute Gasteiger partial charge is 0.342 e. The molecule has 3 nitrogen and oxygen atoms in total. The molecular formula is C9H8BN3. The molecule has 1 aliphatic carbocycles. The van der Waals surface area contributed by atoms with Crippen molar-refractivity contribution >= 4 is 24.6 Å². The summed E-state index contributed by atoms with van der Waals surface area (Å²) in [6.45, 7) is 0. The lowest BCUT2D eigenvalue weighted by Crippen LogP contribution is -2.07. The van der Waals surface area contributed by atoms with Gasteiger partial charge in [-0.25, -0.2) is 4.98 Å². The highest BCUT2D eigenvalue weighted by molar-refractivity contribution is 6.30. The van der Waals surface area contributed by atoms with Crippen molar-refractivity contribution in [2.24, 2.45) is 0 Å². The Morgan fingerprint density at radius 3 is 3.08 bits per heavy atom. The van der Waals surface area contributed by atoms with E-state index in [4.69, 9.17) is 7.85 Å². The van der Waals surface area contributed by atoms with E-state index in [1.807, 2.05) is 0 Å². The Morgan fingerprint density at radius 1 is 1.46 bits per heavy atom. The average Bonchev–Trinajstić information content (AvgIpc) is 2.87. The fraction of sp³-hybridized carbons (Fsp3) is 0.333. The highest BCUT2D eigenvalue weighted by atomic mass is 14.9. The van der Waals surface area contributed by atoms with Crippen molar-refractivity contribution in [2.45, 2.75) is 18.8 Å². The van der Waals surface area contributed by atoms with E-state index < -0.39 is 0 Å². The minimum atomic E-state index is 0.480. The van der Waals surface area contributed by atoms with Gasteiger partial charge in [-0.2, -0.15) is 0 Å². The Hall–Kier alpha value is -1.32. The molecular weight excluding hydrogens is 161 g/mol. The SMILES string of the molecule is [B]c1cnc2[nH]c(C3CC3)cc2n1. The summed E-state index contributed by atoms with van der Waals surface area (Å²) >= 11 is 0. The molecule has 13 heavy (non-hydrogen) atoms. The fourth-order valence-electron chi connectivity index (χ4n) is 1.55. The van der Waals surface area contributed by atoms with Crippen LogP contribution >= 0.6 is 0 Å². The zero-order valence-corrected chi connectivity index (χ0v) is 7.12. The van der Waals surface area contributed by atoms with Gasteiger partial charge >= 0.3 is 0 Å². The van der Waals surface area contributed by atoms with Crippen molar-refractivity contribution in [3.63, 3.8) is 0 Å². The molecule has 0 atom stereocenters. The molecule has 0 spiro atoms. The van der Waals surface area contributed by atoms with Gasteiger partial charge in [0.05, 0.1) is 0 Å². The van der Waals surface area contributed by atoms with Crippen LogP contribution in [0.3, 0.4) is 0 Å². The van der Waals surface area contributed by atoms with Gasteiger partial charge in [0.15, 0.2) is 5.65 Å². The van der Waals surface area contributed by atoms with Crippen molar-refractivity contribution in [3.05, 3.63) is 18.0 Å². The van der Waals surface area contributed by atoms with Crippen molar-refractivity contribution < 1.29 is 0 Å². The molecule has 0 unspecified atom stereocenters. The van der Waals surface area contributed by atoms with E-state index >= 15 is 0 Å². The quantitative estimate of drug-likeness (QED) is 0.636. The second-order valence-corrected chi connectivity index (χ2v) is 3.53. The van der Waals surface area contributed by atoms with E-state index in [1.54, 1.807) is 6.20 Å². The standard InChI is InChI=1S/C9H8BN3/c10-8-4-11-9-7(12-8)3-6(13-9)5-1-2-5/h3-5H,1-2H2,(H,11,13). The first-order chi connectivity index (χ1) is 6.33. The molecule has 1 aliphatic rings. The molecule has 2 aromatic heterocycles. The van der Waals surface area contributed by atoms with Crippen LogP contribution in [0.25, 0.3) is 11.2 Å². The van der Waals surface area contributed by atoms with E-state index in [-0.39, 0.29) is 0 Å². The van der Waals surface area contributed by atoms with Gasteiger partial charge in [0.2, 0.25) is 0 Å². The molecule has 4 heteroatoms. The summed E-state index contributed by atoms with van der Waals surface area (Å²) in [5, 5.41) is 0. The van der Waals surface area contributed by atoms with Gasteiger partial charge in [-0.15, -0.1) is 0 Å². The molecule has 2 radical (unpaired) electrons. The molecule has 2 aromatic rings. The van der Waals surface area contributed by atoms with Crippen molar-refractivity contribution in [2.75, 3.05) is 0 Å². The van der Waals surface area contributed by atoms with E-state index in [9.17, 15) is 0 Å². The number of nitrogens with one attached hydrogen (secondary N) is 1. The van der Waals surface area contributed by atoms with Gasteiger partial charge in [-0.3, -0.25) is 4.98 Å². The van der Waals surface area contributed by atoms with Crippen LogP contribution in [0.4, 0.5) is 0 Å². The van der Waals surface area contributed by atoms with Crippen LogP contribution in [0.1, 0.15) is 24.5 Å². The average molecular weight is 169 g/mol. The van der Waals surface area contributed by atoms with E-state index in [1.165, 1.54) is 18.5 Å². The molecule has 0 saturated heterocycles. The van der Waals surface area contributed by atoms with Gasteiger partial charge < -0.3 is 4.98 Å². The van der Waals surface area contributed by atoms with E-state index in [2.05, 4.69) is 21.0 Å². The molecule has 0 amide bonds. The Labute approximate surface area is 77.0 Å². The Bertz CT molecular complexity index is 459. The number of nitrogens with zero attached hydrogens (tertiary/aromatic N) is 2. The summed E-state index contributed by atoms with van der Waals surface area (Å²) in [7, 11) is 5.54. The van der Waals surface area contributed by atoms with Crippen LogP contribution in [0.15, 0.2) is 12.3 Å².